The van der Waals surface area contributed by atoms with E-state index in [1.807, 2.05) is 58.0 Å². The number of benzene rings is 1. The quantitative estimate of drug-likeness (QED) is 0.597. The number of hydrogen-bond donors (Lipinski definition) is 2. The largest absolute Gasteiger partial charge is 0.467 e. The molecule has 7 nitrogen and oxygen atoms in total. The van der Waals surface area contributed by atoms with Crippen LogP contribution in [0.5, 0.6) is 0 Å². The first-order valence-electron chi connectivity index (χ1n) is 9.63. The van der Waals surface area contributed by atoms with Crippen LogP contribution in [0.1, 0.15) is 46.1 Å². The van der Waals surface area contributed by atoms with E-state index in [9.17, 15) is 14.4 Å². The number of rotatable bonds is 10. The highest BCUT2D eigenvalue weighted by Gasteiger charge is 2.31. The van der Waals surface area contributed by atoms with Gasteiger partial charge in [0.05, 0.1) is 7.11 Å². The highest BCUT2D eigenvalue weighted by Crippen LogP contribution is 2.12. The molecule has 0 saturated carbocycles. The molecule has 2 amide bonds. The van der Waals surface area contributed by atoms with E-state index >= 15 is 0 Å². The molecule has 0 unspecified atom stereocenters. The van der Waals surface area contributed by atoms with Gasteiger partial charge in [0.15, 0.2) is 0 Å². The fourth-order valence-corrected chi connectivity index (χ4v) is 2.66. The van der Waals surface area contributed by atoms with Crippen LogP contribution >= 0.6 is 0 Å². The Morgan fingerprint density at radius 3 is 2.21 bits per heavy atom. The number of amides is 2. The van der Waals surface area contributed by atoms with E-state index in [0.29, 0.717) is 12.8 Å². The molecule has 7 heteroatoms. The van der Waals surface area contributed by atoms with Gasteiger partial charge in [-0.05, 0) is 23.8 Å². The molecule has 0 spiro atoms. The first-order valence-corrected chi connectivity index (χ1v) is 9.63. The van der Waals surface area contributed by atoms with Crippen LogP contribution in [-0.4, -0.2) is 37.2 Å². The predicted octanol–water partition coefficient (Wildman–Crippen LogP) is 3.03. The number of nitrogens with one attached hydrogen (secondary N) is 2. The van der Waals surface area contributed by atoms with Crippen molar-refractivity contribution in [3.63, 3.8) is 0 Å². The molecule has 2 N–H and O–H groups in total. The second-order valence-electron chi connectivity index (χ2n) is 7.28. The monoisotopic (exact) mass is 392 g/mol. The van der Waals surface area contributed by atoms with Crippen LogP contribution in [0.15, 0.2) is 30.3 Å². The van der Waals surface area contributed by atoms with E-state index in [0.717, 1.165) is 5.56 Å². The first-order chi connectivity index (χ1) is 13.3. The lowest BCUT2D eigenvalue weighted by atomic mass is 9.97. The smallest absolute Gasteiger partial charge is 0.408 e. The van der Waals surface area contributed by atoms with Crippen LogP contribution in [0, 0.1) is 11.8 Å². The number of ether oxygens (including phenoxy) is 2. The third kappa shape index (κ3) is 7.98. The molecule has 0 radical (unpaired) electrons. The molecule has 0 fully saturated rings. The molecule has 0 bridgehead atoms. The van der Waals surface area contributed by atoms with Crippen molar-refractivity contribution in [3.8, 4) is 0 Å². The van der Waals surface area contributed by atoms with Crippen LogP contribution < -0.4 is 10.6 Å². The molecule has 0 aliphatic heterocycles. The molecule has 3 atom stereocenters. The Morgan fingerprint density at radius 1 is 1.04 bits per heavy atom. The van der Waals surface area contributed by atoms with Crippen LogP contribution in [-0.2, 0) is 25.7 Å². The molecule has 28 heavy (non-hydrogen) atoms. The summed E-state index contributed by atoms with van der Waals surface area (Å²) in [5.41, 5.74) is 0.852. The maximum absolute atomic E-state index is 12.8. The fraction of sp³-hybridized carbons (Fsp3) is 0.571. The van der Waals surface area contributed by atoms with Crippen molar-refractivity contribution >= 4 is 18.0 Å². The van der Waals surface area contributed by atoms with Crippen molar-refractivity contribution < 1.29 is 23.9 Å². The number of carbonyl (C=O) groups is 3. The average Bonchev–Trinajstić information content (AvgIpc) is 2.69. The summed E-state index contributed by atoms with van der Waals surface area (Å²) in [5, 5.41) is 5.33. The summed E-state index contributed by atoms with van der Waals surface area (Å²) in [5.74, 6) is -0.870. The van der Waals surface area contributed by atoms with Crippen LogP contribution in [0.3, 0.4) is 0 Å². The summed E-state index contributed by atoms with van der Waals surface area (Å²) in [4.78, 5) is 36.9. The van der Waals surface area contributed by atoms with Gasteiger partial charge in [-0.15, -0.1) is 0 Å². The molecule has 0 aliphatic carbocycles. The highest BCUT2D eigenvalue weighted by molar-refractivity contribution is 5.89. The number of methoxy groups -OCH3 is 1. The van der Waals surface area contributed by atoms with Gasteiger partial charge in [-0.3, -0.25) is 4.79 Å². The minimum atomic E-state index is -0.806. The lowest BCUT2D eigenvalue weighted by Crippen LogP contribution is -2.54. The van der Waals surface area contributed by atoms with Gasteiger partial charge in [-0.25, -0.2) is 9.59 Å². The molecule has 0 saturated heterocycles. The van der Waals surface area contributed by atoms with Crippen molar-refractivity contribution in [2.24, 2.45) is 11.8 Å². The minimum absolute atomic E-state index is 0.0962. The van der Waals surface area contributed by atoms with Gasteiger partial charge in [0, 0.05) is 0 Å². The van der Waals surface area contributed by atoms with Gasteiger partial charge in [-0.2, -0.15) is 0 Å². The molecule has 1 aromatic rings. The Bertz CT molecular complexity index is 633. The van der Waals surface area contributed by atoms with E-state index < -0.39 is 30.1 Å². The van der Waals surface area contributed by atoms with Crippen LogP contribution in [0.25, 0.3) is 0 Å². The van der Waals surface area contributed by atoms with Crippen molar-refractivity contribution in [3.05, 3.63) is 35.9 Å². The predicted molar refractivity (Wildman–Crippen MR) is 106 cm³/mol. The average molecular weight is 392 g/mol. The van der Waals surface area contributed by atoms with E-state index in [1.54, 1.807) is 0 Å². The zero-order valence-electron chi connectivity index (χ0n) is 17.4. The first kappa shape index (κ1) is 23.5. The van der Waals surface area contributed by atoms with Crippen molar-refractivity contribution in [1.82, 2.24) is 10.6 Å². The Hall–Kier alpha value is -2.57. The Kier molecular flexibility index (Phi) is 10.1. The summed E-state index contributed by atoms with van der Waals surface area (Å²) in [7, 11) is 1.29. The maximum Gasteiger partial charge on any atom is 0.408 e. The zero-order chi connectivity index (χ0) is 21.1. The normalized spacial score (nSPS) is 13.9. The molecule has 0 aromatic heterocycles. The third-order valence-corrected chi connectivity index (χ3v) is 4.49. The molecule has 0 aliphatic rings. The number of hydrogen-bond acceptors (Lipinski definition) is 5. The summed E-state index contributed by atoms with van der Waals surface area (Å²) in [6, 6.07) is 7.71. The third-order valence-electron chi connectivity index (χ3n) is 4.49. The molecule has 1 aromatic carbocycles. The molecule has 0 heterocycles. The van der Waals surface area contributed by atoms with E-state index in [2.05, 4.69) is 10.6 Å². The Morgan fingerprint density at radius 2 is 1.68 bits per heavy atom. The molecular formula is C21H32N2O5. The standard InChI is InChI=1S/C21H32N2O5/c1-6-15(4)18(20(25)27-5)23-19(24)17(12-14(2)3)22-21(26)28-13-16-10-8-7-9-11-16/h7-11,14-15,17-18H,6,12-13H2,1-5H3,(H,22,26)(H,23,24)/t15-,17+,18-/m0/s1. The number of alkyl carbamates (subject to hydrolysis) is 1. The summed E-state index contributed by atoms with van der Waals surface area (Å²) in [6.07, 6.45) is 0.435. The second-order valence-corrected chi connectivity index (χ2v) is 7.28. The second kappa shape index (κ2) is 12.0. The van der Waals surface area contributed by atoms with Crippen molar-refractivity contribution in [2.75, 3.05) is 7.11 Å². The SMILES string of the molecule is CC[C@H](C)[C@H](NC(=O)[C@@H](CC(C)C)NC(=O)OCc1ccccc1)C(=O)OC. The van der Waals surface area contributed by atoms with Gasteiger partial charge >= 0.3 is 12.1 Å². The van der Waals surface area contributed by atoms with Crippen LogP contribution in [0.2, 0.25) is 0 Å². The maximum atomic E-state index is 12.8. The number of esters is 1. The van der Waals surface area contributed by atoms with Gasteiger partial charge in [0.25, 0.3) is 0 Å². The minimum Gasteiger partial charge on any atom is -0.467 e. The topological polar surface area (TPSA) is 93.7 Å². The lowest BCUT2D eigenvalue weighted by Gasteiger charge is -2.26. The molecule has 1 rings (SSSR count). The van der Waals surface area contributed by atoms with Gasteiger partial charge in [0.1, 0.15) is 18.7 Å². The summed E-state index contributed by atoms with van der Waals surface area (Å²) < 4.78 is 10.0. The fourth-order valence-electron chi connectivity index (χ4n) is 2.66. The van der Waals surface area contributed by atoms with E-state index in [-0.39, 0.29) is 18.4 Å². The summed E-state index contributed by atoms with van der Waals surface area (Å²) in [6.45, 7) is 7.80. The molecular weight excluding hydrogens is 360 g/mol. The Labute approximate surface area is 167 Å². The molecule has 156 valence electrons. The van der Waals surface area contributed by atoms with Crippen molar-refractivity contribution in [2.45, 2.75) is 59.2 Å². The van der Waals surface area contributed by atoms with Gasteiger partial charge in [-0.1, -0.05) is 64.4 Å². The van der Waals surface area contributed by atoms with E-state index in [1.165, 1.54) is 7.11 Å². The van der Waals surface area contributed by atoms with Gasteiger partial charge < -0.3 is 20.1 Å². The van der Waals surface area contributed by atoms with E-state index in [4.69, 9.17) is 9.47 Å². The van der Waals surface area contributed by atoms with Gasteiger partial charge in [0.2, 0.25) is 5.91 Å². The van der Waals surface area contributed by atoms with Crippen molar-refractivity contribution in [1.29, 1.82) is 0 Å². The Balaban J connectivity index is 2.75. The lowest BCUT2D eigenvalue weighted by molar-refractivity contribution is -0.146. The summed E-state index contributed by atoms with van der Waals surface area (Å²) >= 11 is 0. The number of carbonyl (C=O) groups excluding carboxylic acids is 3. The zero-order valence-corrected chi connectivity index (χ0v) is 17.4. The van der Waals surface area contributed by atoms with Crippen LogP contribution in [0.4, 0.5) is 4.79 Å². The highest BCUT2D eigenvalue weighted by atomic mass is 16.5.